The molecule has 0 heterocycles. The molecular formula is C24H30Cl2N2O3. The molecule has 0 spiro atoms. The summed E-state index contributed by atoms with van der Waals surface area (Å²) in [5.74, 6) is 0.434. The molecule has 0 aliphatic rings. The Morgan fingerprint density at radius 1 is 1.10 bits per heavy atom. The first-order valence-corrected chi connectivity index (χ1v) is 11.3. The van der Waals surface area contributed by atoms with Gasteiger partial charge in [-0.25, -0.2) is 0 Å². The zero-order valence-electron chi connectivity index (χ0n) is 18.5. The molecule has 0 saturated carbocycles. The molecule has 0 aliphatic heterocycles. The van der Waals surface area contributed by atoms with Crippen molar-refractivity contribution < 1.29 is 14.3 Å². The molecule has 0 fully saturated rings. The van der Waals surface area contributed by atoms with Gasteiger partial charge in [-0.1, -0.05) is 68.2 Å². The molecule has 31 heavy (non-hydrogen) atoms. The van der Waals surface area contributed by atoms with Crippen LogP contribution < -0.4 is 10.1 Å². The number of rotatable bonds is 10. The zero-order valence-corrected chi connectivity index (χ0v) is 20.0. The van der Waals surface area contributed by atoms with Gasteiger partial charge in [0.05, 0.1) is 0 Å². The highest BCUT2D eigenvalue weighted by Crippen LogP contribution is 2.27. The summed E-state index contributed by atoms with van der Waals surface area (Å²) in [4.78, 5) is 27.4. The van der Waals surface area contributed by atoms with Crippen molar-refractivity contribution in [2.24, 2.45) is 0 Å². The Labute approximate surface area is 194 Å². The summed E-state index contributed by atoms with van der Waals surface area (Å²) in [6, 6.07) is 12.1. The highest BCUT2D eigenvalue weighted by molar-refractivity contribution is 6.35. The van der Waals surface area contributed by atoms with Crippen molar-refractivity contribution in [1.29, 1.82) is 0 Å². The van der Waals surface area contributed by atoms with Crippen molar-refractivity contribution in [3.8, 4) is 5.75 Å². The van der Waals surface area contributed by atoms with E-state index in [4.69, 9.17) is 27.9 Å². The second-order valence-corrected chi connectivity index (χ2v) is 8.40. The predicted molar refractivity (Wildman–Crippen MR) is 126 cm³/mol. The lowest BCUT2D eigenvalue weighted by Gasteiger charge is -2.31. The van der Waals surface area contributed by atoms with Crippen LogP contribution in [0.2, 0.25) is 10.0 Å². The Bertz CT molecular complexity index is 902. The van der Waals surface area contributed by atoms with Crippen molar-refractivity contribution in [2.45, 2.75) is 52.6 Å². The van der Waals surface area contributed by atoms with E-state index in [0.717, 1.165) is 5.56 Å². The molecule has 5 nitrogen and oxygen atoms in total. The van der Waals surface area contributed by atoms with Gasteiger partial charge in [-0.2, -0.15) is 0 Å². The summed E-state index contributed by atoms with van der Waals surface area (Å²) in [5.41, 5.74) is 1.74. The zero-order chi connectivity index (χ0) is 23.0. The lowest BCUT2D eigenvalue weighted by molar-refractivity contribution is -0.142. The molecule has 0 radical (unpaired) electrons. The van der Waals surface area contributed by atoms with E-state index < -0.39 is 6.04 Å². The van der Waals surface area contributed by atoms with Crippen molar-refractivity contribution >= 4 is 35.0 Å². The SMILES string of the molecule is CCNC(=O)[C@H](CC)N(Cc1ccc(Cl)cc1Cl)C(=O)COc1ccccc1C(C)C. The Kier molecular flexibility index (Phi) is 9.66. The van der Waals surface area contributed by atoms with Crippen molar-refractivity contribution in [3.63, 3.8) is 0 Å². The number of halogens is 2. The lowest BCUT2D eigenvalue weighted by Crippen LogP contribution is -2.50. The fourth-order valence-electron chi connectivity index (χ4n) is 3.36. The predicted octanol–water partition coefficient (Wildman–Crippen LogP) is 5.44. The first-order valence-electron chi connectivity index (χ1n) is 10.5. The minimum absolute atomic E-state index is 0.176. The minimum Gasteiger partial charge on any atom is -0.483 e. The Morgan fingerprint density at radius 3 is 2.42 bits per heavy atom. The van der Waals surface area contributed by atoms with E-state index in [1.807, 2.05) is 38.1 Å². The van der Waals surface area contributed by atoms with Gasteiger partial charge < -0.3 is 15.0 Å². The fraction of sp³-hybridized carbons (Fsp3) is 0.417. The minimum atomic E-state index is -0.636. The average molecular weight is 465 g/mol. The van der Waals surface area contributed by atoms with Crippen molar-refractivity contribution in [1.82, 2.24) is 10.2 Å². The Hall–Kier alpha value is -2.24. The van der Waals surface area contributed by atoms with Crippen LogP contribution in [-0.2, 0) is 16.1 Å². The number of nitrogens with zero attached hydrogens (tertiary/aromatic N) is 1. The third-order valence-electron chi connectivity index (χ3n) is 4.98. The summed E-state index contributed by atoms with van der Waals surface area (Å²) < 4.78 is 5.89. The molecule has 2 rings (SSSR count). The van der Waals surface area contributed by atoms with Gasteiger partial charge in [0, 0.05) is 23.1 Å². The van der Waals surface area contributed by atoms with E-state index in [1.54, 1.807) is 18.2 Å². The number of carbonyl (C=O) groups excluding carboxylic acids is 2. The van der Waals surface area contributed by atoms with Crippen LogP contribution in [0.5, 0.6) is 5.75 Å². The molecule has 0 unspecified atom stereocenters. The summed E-state index contributed by atoms with van der Waals surface area (Å²) in [5, 5.41) is 3.77. The lowest BCUT2D eigenvalue weighted by atomic mass is 10.0. The summed E-state index contributed by atoms with van der Waals surface area (Å²) in [6.45, 7) is 8.35. The second kappa shape index (κ2) is 12.0. The molecule has 2 aromatic carbocycles. The summed E-state index contributed by atoms with van der Waals surface area (Å²) >= 11 is 12.3. The van der Waals surface area contributed by atoms with Crippen LogP contribution in [0, 0.1) is 0 Å². The number of ether oxygens (including phenoxy) is 1. The maximum Gasteiger partial charge on any atom is 0.261 e. The monoisotopic (exact) mass is 464 g/mol. The van der Waals surface area contributed by atoms with Crippen LogP contribution in [0.3, 0.4) is 0 Å². The molecule has 1 atom stereocenters. The van der Waals surface area contributed by atoms with Crippen LogP contribution in [0.25, 0.3) is 0 Å². The molecule has 2 amide bonds. The Morgan fingerprint density at radius 2 is 1.81 bits per heavy atom. The smallest absolute Gasteiger partial charge is 0.261 e. The standard InChI is InChI=1S/C24H30Cl2N2O3/c1-5-21(24(30)27-6-2)28(14-17-11-12-18(25)13-20(17)26)23(29)15-31-22-10-8-7-9-19(22)16(3)4/h7-13,16,21H,5-6,14-15H2,1-4H3,(H,27,30)/t21-/m0/s1. The molecule has 168 valence electrons. The third kappa shape index (κ3) is 6.88. The van der Waals surface area contributed by atoms with Gasteiger partial charge >= 0.3 is 0 Å². The van der Waals surface area contributed by atoms with Crippen molar-refractivity contribution in [3.05, 3.63) is 63.6 Å². The van der Waals surface area contributed by atoms with Crippen LogP contribution in [0.15, 0.2) is 42.5 Å². The van der Waals surface area contributed by atoms with Gasteiger partial charge in [0.2, 0.25) is 5.91 Å². The van der Waals surface area contributed by atoms with Crippen molar-refractivity contribution in [2.75, 3.05) is 13.2 Å². The first-order chi connectivity index (χ1) is 14.8. The molecule has 2 aromatic rings. The molecular weight excluding hydrogens is 435 g/mol. The number of hydrogen-bond donors (Lipinski definition) is 1. The molecule has 7 heteroatoms. The van der Waals surface area contributed by atoms with Gasteiger partial charge in [0.1, 0.15) is 11.8 Å². The topological polar surface area (TPSA) is 58.6 Å². The average Bonchev–Trinajstić information content (AvgIpc) is 2.73. The van der Waals surface area contributed by atoms with Gasteiger partial charge in [-0.15, -0.1) is 0 Å². The largest absolute Gasteiger partial charge is 0.483 e. The van der Waals surface area contributed by atoms with Crippen LogP contribution in [0.1, 0.15) is 51.2 Å². The Balaban J connectivity index is 2.28. The number of nitrogens with one attached hydrogen (secondary N) is 1. The van der Waals surface area contributed by atoms with Crippen LogP contribution in [0.4, 0.5) is 0 Å². The van der Waals surface area contributed by atoms with Crippen LogP contribution >= 0.6 is 23.2 Å². The highest BCUT2D eigenvalue weighted by Gasteiger charge is 2.29. The van der Waals surface area contributed by atoms with E-state index in [-0.39, 0.29) is 30.9 Å². The van der Waals surface area contributed by atoms with Gasteiger partial charge in [0.15, 0.2) is 6.61 Å². The molecule has 0 aromatic heterocycles. The molecule has 0 bridgehead atoms. The molecule has 1 N–H and O–H groups in total. The fourth-order valence-corrected chi connectivity index (χ4v) is 3.82. The normalized spacial score (nSPS) is 11.8. The third-order valence-corrected chi connectivity index (χ3v) is 5.57. The van der Waals surface area contributed by atoms with E-state index in [9.17, 15) is 9.59 Å². The first kappa shape index (κ1) is 25.0. The summed E-state index contributed by atoms with van der Waals surface area (Å²) in [7, 11) is 0. The maximum absolute atomic E-state index is 13.2. The van der Waals surface area contributed by atoms with Gasteiger partial charge in [-0.3, -0.25) is 9.59 Å². The summed E-state index contributed by atoms with van der Waals surface area (Å²) in [6.07, 6.45) is 0.464. The second-order valence-electron chi connectivity index (χ2n) is 7.56. The quantitative estimate of drug-likeness (QED) is 0.509. The van der Waals surface area contributed by atoms with E-state index >= 15 is 0 Å². The molecule has 0 aliphatic carbocycles. The van der Waals surface area contributed by atoms with E-state index in [0.29, 0.717) is 34.3 Å². The van der Waals surface area contributed by atoms with E-state index in [2.05, 4.69) is 19.2 Å². The number of benzene rings is 2. The number of amides is 2. The number of hydrogen-bond acceptors (Lipinski definition) is 3. The van der Waals surface area contributed by atoms with Gasteiger partial charge in [0.25, 0.3) is 5.91 Å². The van der Waals surface area contributed by atoms with Crippen LogP contribution in [-0.4, -0.2) is 35.9 Å². The number of carbonyl (C=O) groups is 2. The number of likely N-dealkylation sites (N-methyl/N-ethyl adjacent to an activating group) is 1. The number of para-hydroxylation sites is 1. The highest BCUT2D eigenvalue weighted by atomic mass is 35.5. The maximum atomic E-state index is 13.2. The molecule has 0 saturated heterocycles. The van der Waals surface area contributed by atoms with E-state index in [1.165, 1.54) is 4.90 Å². The van der Waals surface area contributed by atoms with Gasteiger partial charge in [-0.05, 0) is 48.6 Å².